The molecule has 0 aromatic heterocycles. The van der Waals surface area contributed by atoms with E-state index in [1.54, 1.807) is 0 Å². The van der Waals surface area contributed by atoms with Crippen LogP contribution in [-0.2, 0) is 14.9 Å². The minimum Gasteiger partial charge on any atom is -0.381 e. The SMILES string of the molecule is O=C(CC1CSCCN1)NCC1(c2ccc(F)cc2)CCOCC1. The third-order valence-corrected chi connectivity index (χ3v) is 6.09. The van der Waals surface area contributed by atoms with E-state index in [1.165, 1.54) is 12.1 Å². The number of benzene rings is 1. The number of carbonyl (C=O) groups is 1. The number of rotatable bonds is 5. The Bertz CT molecular complexity index is 540. The molecule has 6 heteroatoms. The minimum atomic E-state index is -0.231. The second-order valence-electron chi connectivity index (χ2n) is 6.61. The van der Waals surface area contributed by atoms with Crippen LogP contribution in [0.4, 0.5) is 4.39 Å². The Balaban J connectivity index is 1.61. The molecule has 0 aliphatic carbocycles. The Kier molecular flexibility index (Phi) is 6.14. The smallest absolute Gasteiger partial charge is 0.221 e. The summed E-state index contributed by atoms with van der Waals surface area (Å²) in [6.45, 7) is 2.91. The molecule has 24 heavy (non-hydrogen) atoms. The Hall–Kier alpha value is -1.11. The van der Waals surface area contributed by atoms with Crippen LogP contribution in [0.3, 0.4) is 0 Å². The lowest BCUT2D eigenvalue weighted by Gasteiger charge is -2.38. The first-order chi connectivity index (χ1) is 11.7. The molecule has 0 bridgehead atoms. The number of halogens is 1. The number of nitrogens with one attached hydrogen (secondary N) is 2. The molecule has 3 rings (SSSR count). The van der Waals surface area contributed by atoms with E-state index in [-0.39, 0.29) is 23.2 Å². The fraction of sp³-hybridized carbons (Fsp3) is 0.611. The van der Waals surface area contributed by atoms with E-state index in [2.05, 4.69) is 10.6 Å². The summed E-state index contributed by atoms with van der Waals surface area (Å²) in [4.78, 5) is 12.3. The molecular weight excluding hydrogens is 327 g/mol. The maximum absolute atomic E-state index is 13.2. The van der Waals surface area contributed by atoms with Gasteiger partial charge in [0.05, 0.1) is 0 Å². The quantitative estimate of drug-likeness (QED) is 0.852. The fourth-order valence-electron chi connectivity index (χ4n) is 3.45. The van der Waals surface area contributed by atoms with Crippen LogP contribution >= 0.6 is 11.8 Å². The molecular formula is C18H25FN2O2S. The largest absolute Gasteiger partial charge is 0.381 e. The van der Waals surface area contributed by atoms with Crippen molar-refractivity contribution in [3.63, 3.8) is 0 Å². The monoisotopic (exact) mass is 352 g/mol. The van der Waals surface area contributed by atoms with Gasteiger partial charge in [-0.3, -0.25) is 4.79 Å². The second kappa shape index (κ2) is 8.32. The van der Waals surface area contributed by atoms with Gasteiger partial charge < -0.3 is 15.4 Å². The van der Waals surface area contributed by atoms with Gasteiger partial charge in [0.2, 0.25) is 5.91 Å². The maximum Gasteiger partial charge on any atom is 0.221 e. The zero-order chi connectivity index (χ0) is 16.8. The lowest BCUT2D eigenvalue weighted by atomic mass is 9.74. The second-order valence-corrected chi connectivity index (χ2v) is 7.76. The molecule has 2 aliphatic heterocycles. The van der Waals surface area contributed by atoms with Gasteiger partial charge in [0, 0.05) is 55.7 Å². The van der Waals surface area contributed by atoms with Gasteiger partial charge >= 0.3 is 0 Å². The summed E-state index contributed by atoms with van der Waals surface area (Å²) in [5.41, 5.74) is 0.926. The summed E-state index contributed by atoms with van der Waals surface area (Å²) in [6, 6.07) is 6.94. The normalized spacial score (nSPS) is 23.6. The van der Waals surface area contributed by atoms with E-state index in [4.69, 9.17) is 4.74 Å². The molecule has 2 fully saturated rings. The predicted molar refractivity (Wildman–Crippen MR) is 94.9 cm³/mol. The van der Waals surface area contributed by atoms with Crippen molar-refractivity contribution in [3.05, 3.63) is 35.6 Å². The molecule has 2 aliphatic rings. The summed E-state index contributed by atoms with van der Waals surface area (Å²) in [5.74, 6) is 1.96. The molecule has 4 nitrogen and oxygen atoms in total. The van der Waals surface area contributed by atoms with Gasteiger partial charge in [-0.15, -0.1) is 0 Å². The number of hydrogen-bond donors (Lipinski definition) is 2. The summed E-state index contributed by atoms with van der Waals surface area (Å²) in [5, 5.41) is 6.51. The van der Waals surface area contributed by atoms with Crippen LogP contribution in [0.25, 0.3) is 0 Å². The maximum atomic E-state index is 13.2. The fourth-order valence-corrected chi connectivity index (χ4v) is 4.40. The van der Waals surface area contributed by atoms with Crippen LogP contribution in [0.15, 0.2) is 24.3 Å². The van der Waals surface area contributed by atoms with Gasteiger partial charge in [0.1, 0.15) is 5.82 Å². The topological polar surface area (TPSA) is 50.4 Å². The van der Waals surface area contributed by atoms with Crippen LogP contribution < -0.4 is 10.6 Å². The first-order valence-corrected chi connectivity index (χ1v) is 9.75. The Morgan fingerprint density at radius 1 is 1.33 bits per heavy atom. The molecule has 0 spiro atoms. The molecule has 132 valence electrons. The lowest BCUT2D eigenvalue weighted by molar-refractivity contribution is -0.122. The highest BCUT2D eigenvalue weighted by Gasteiger charge is 2.35. The zero-order valence-corrected chi connectivity index (χ0v) is 14.7. The number of ether oxygens (including phenoxy) is 1. The highest BCUT2D eigenvalue weighted by atomic mass is 32.2. The number of thioether (sulfide) groups is 1. The number of hydrogen-bond acceptors (Lipinski definition) is 4. The van der Waals surface area contributed by atoms with Crippen molar-refractivity contribution in [2.75, 3.05) is 37.8 Å². The van der Waals surface area contributed by atoms with Crippen molar-refractivity contribution in [3.8, 4) is 0 Å². The highest BCUT2D eigenvalue weighted by Crippen LogP contribution is 2.34. The van der Waals surface area contributed by atoms with Crippen molar-refractivity contribution in [2.45, 2.75) is 30.7 Å². The summed E-state index contributed by atoms with van der Waals surface area (Å²) >= 11 is 1.89. The van der Waals surface area contributed by atoms with E-state index in [9.17, 15) is 9.18 Å². The molecule has 1 unspecified atom stereocenters. The Morgan fingerprint density at radius 2 is 2.08 bits per heavy atom. The van der Waals surface area contributed by atoms with Crippen molar-refractivity contribution < 1.29 is 13.9 Å². The molecule has 1 atom stereocenters. The third-order valence-electron chi connectivity index (χ3n) is 4.96. The molecule has 1 aromatic carbocycles. The predicted octanol–water partition coefficient (Wildman–Crippen LogP) is 2.09. The highest BCUT2D eigenvalue weighted by molar-refractivity contribution is 7.99. The lowest BCUT2D eigenvalue weighted by Crippen LogP contribution is -2.47. The molecule has 1 amide bonds. The van der Waals surface area contributed by atoms with Crippen LogP contribution in [-0.4, -0.2) is 49.8 Å². The zero-order valence-electron chi connectivity index (χ0n) is 13.9. The van der Waals surface area contributed by atoms with Gasteiger partial charge in [-0.2, -0.15) is 11.8 Å². The van der Waals surface area contributed by atoms with Crippen molar-refractivity contribution in [1.82, 2.24) is 10.6 Å². The van der Waals surface area contributed by atoms with Crippen LogP contribution in [0.5, 0.6) is 0 Å². The van der Waals surface area contributed by atoms with E-state index in [0.29, 0.717) is 26.2 Å². The van der Waals surface area contributed by atoms with E-state index < -0.39 is 0 Å². The molecule has 0 saturated carbocycles. The van der Waals surface area contributed by atoms with E-state index in [0.717, 1.165) is 36.5 Å². The van der Waals surface area contributed by atoms with Crippen molar-refractivity contribution >= 4 is 17.7 Å². The minimum absolute atomic E-state index is 0.0861. The van der Waals surface area contributed by atoms with Crippen LogP contribution in [0.1, 0.15) is 24.8 Å². The molecule has 1 aromatic rings. The van der Waals surface area contributed by atoms with E-state index >= 15 is 0 Å². The van der Waals surface area contributed by atoms with Gasteiger partial charge in [-0.05, 0) is 30.5 Å². The summed E-state index contributed by atoms with van der Waals surface area (Å²) < 4.78 is 18.7. The van der Waals surface area contributed by atoms with Gasteiger partial charge in [-0.1, -0.05) is 12.1 Å². The standard InChI is InChI=1S/C18H25FN2O2S/c19-15-3-1-14(2-4-15)18(5-8-23-9-6-18)13-21-17(22)11-16-12-24-10-7-20-16/h1-4,16,20H,5-13H2,(H,21,22). The van der Waals surface area contributed by atoms with E-state index in [1.807, 2.05) is 23.9 Å². The van der Waals surface area contributed by atoms with Crippen LogP contribution in [0.2, 0.25) is 0 Å². The summed E-state index contributed by atoms with van der Waals surface area (Å²) in [6.07, 6.45) is 2.20. The van der Waals surface area contributed by atoms with Crippen molar-refractivity contribution in [1.29, 1.82) is 0 Å². The van der Waals surface area contributed by atoms with Gasteiger partial charge in [-0.25, -0.2) is 4.39 Å². The molecule has 2 N–H and O–H groups in total. The van der Waals surface area contributed by atoms with Crippen LogP contribution in [0, 0.1) is 5.82 Å². The first-order valence-electron chi connectivity index (χ1n) is 8.60. The first kappa shape index (κ1) is 17.7. The molecule has 2 heterocycles. The molecule has 0 radical (unpaired) electrons. The average molecular weight is 352 g/mol. The van der Waals surface area contributed by atoms with Crippen molar-refractivity contribution in [2.24, 2.45) is 0 Å². The Labute approximate surface area is 146 Å². The number of amides is 1. The third kappa shape index (κ3) is 4.49. The Morgan fingerprint density at radius 3 is 2.75 bits per heavy atom. The average Bonchev–Trinajstić information content (AvgIpc) is 2.62. The summed E-state index contributed by atoms with van der Waals surface area (Å²) in [7, 11) is 0. The molecule has 2 saturated heterocycles. The van der Waals surface area contributed by atoms with Gasteiger partial charge in [0.25, 0.3) is 0 Å². The number of carbonyl (C=O) groups excluding carboxylic acids is 1. The van der Waals surface area contributed by atoms with Gasteiger partial charge in [0.15, 0.2) is 0 Å².